The van der Waals surface area contributed by atoms with Gasteiger partial charge in [-0.2, -0.15) is 0 Å². The van der Waals surface area contributed by atoms with Crippen LogP contribution in [0.2, 0.25) is 0 Å². The van der Waals surface area contributed by atoms with Gasteiger partial charge in [0, 0.05) is 18.9 Å². The zero-order valence-corrected chi connectivity index (χ0v) is 12.6. The molecule has 2 rings (SSSR count). The van der Waals surface area contributed by atoms with Gasteiger partial charge in [0.2, 0.25) is 0 Å². The molecule has 21 heavy (non-hydrogen) atoms. The summed E-state index contributed by atoms with van der Waals surface area (Å²) in [6.07, 6.45) is 6.99. The molecule has 6 nitrogen and oxygen atoms in total. The number of carboxylic acids is 1. The molecule has 1 saturated carbocycles. The molecule has 116 valence electrons. The van der Waals surface area contributed by atoms with E-state index in [4.69, 9.17) is 0 Å². The van der Waals surface area contributed by atoms with Gasteiger partial charge in [0.25, 0.3) is 5.56 Å². The van der Waals surface area contributed by atoms with Crippen LogP contribution in [0.25, 0.3) is 0 Å². The Morgan fingerprint density at radius 3 is 2.67 bits per heavy atom. The number of hydrogen-bond acceptors (Lipinski definition) is 4. The van der Waals surface area contributed by atoms with Gasteiger partial charge >= 0.3 is 5.97 Å². The summed E-state index contributed by atoms with van der Waals surface area (Å²) in [6, 6.07) is 0. The van der Waals surface area contributed by atoms with Gasteiger partial charge in [0.05, 0.1) is 0 Å². The van der Waals surface area contributed by atoms with Crippen molar-refractivity contribution >= 4 is 11.8 Å². The molecular weight excluding hydrogens is 270 g/mol. The van der Waals surface area contributed by atoms with Gasteiger partial charge in [0.1, 0.15) is 5.54 Å². The fraction of sp³-hybridized carbons (Fsp3) is 0.667. The predicted octanol–water partition coefficient (Wildman–Crippen LogP) is 2.10. The van der Waals surface area contributed by atoms with Crippen molar-refractivity contribution in [2.45, 2.75) is 58.0 Å². The molecular formula is C15H23N3O3. The molecule has 0 atom stereocenters. The van der Waals surface area contributed by atoms with E-state index in [2.05, 4.69) is 10.3 Å². The van der Waals surface area contributed by atoms with Crippen LogP contribution in [0.3, 0.4) is 0 Å². The molecule has 0 aliphatic heterocycles. The maximum Gasteiger partial charge on any atom is 0.329 e. The van der Waals surface area contributed by atoms with Crippen molar-refractivity contribution in [3.63, 3.8) is 0 Å². The number of carboxylic acid groups (broad SMARTS) is 1. The van der Waals surface area contributed by atoms with Crippen molar-refractivity contribution in [2.75, 3.05) is 5.32 Å². The van der Waals surface area contributed by atoms with Gasteiger partial charge in [-0.1, -0.05) is 33.1 Å². The zero-order chi connectivity index (χ0) is 15.5. The van der Waals surface area contributed by atoms with Gasteiger partial charge in [-0.15, -0.1) is 0 Å². The Hall–Kier alpha value is -1.85. The second-order valence-corrected chi connectivity index (χ2v) is 6.20. The van der Waals surface area contributed by atoms with Crippen molar-refractivity contribution in [3.8, 4) is 0 Å². The van der Waals surface area contributed by atoms with Crippen LogP contribution in [-0.4, -0.2) is 26.2 Å². The lowest BCUT2D eigenvalue weighted by molar-refractivity contribution is -0.143. The first-order valence-electron chi connectivity index (χ1n) is 7.52. The Bertz CT molecular complexity index is 560. The van der Waals surface area contributed by atoms with E-state index in [1.165, 1.54) is 0 Å². The standard InChI is InChI=1S/C15H23N3O3/c1-11(2)10-18-9-8-16-12(13(18)19)17-15(14(20)21)6-4-3-5-7-15/h8-9,11H,3-7,10H2,1-2H3,(H,16,17)(H,20,21). The summed E-state index contributed by atoms with van der Waals surface area (Å²) in [4.78, 5) is 28.1. The normalized spacial score (nSPS) is 17.7. The molecule has 1 fully saturated rings. The van der Waals surface area contributed by atoms with Crippen molar-refractivity contribution < 1.29 is 9.90 Å². The molecule has 0 spiro atoms. The van der Waals surface area contributed by atoms with Crippen LogP contribution in [0.1, 0.15) is 46.0 Å². The minimum Gasteiger partial charge on any atom is -0.480 e. The molecule has 0 aromatic carbocycles. The number of aromatic nitrogens is 2. The average Bonchev–Trinajstić information content (AvgIpc) is 2.44. The largest absolute Gasteiger partial charge is 0.480 e. The number of nitrogens with one attached hydrogen (secondary N) is 1. The fourth-order valence-electron chi connectivity index (χ4n) is 2.84. The monoisotopic (exact) mass is 293 g/mol. The smallest absolute Gasteiger partial charge is 0.329 e. The highest BCUT2D eigenvalue weighted by molar-refractivity contribution is 5.82. The van der Waals surface area contributed by atoms with Gasteiger partial charge in [0.15, 0.2) is 5.82 Å². The third kappa shape index (κ3) is 3.43. The highest BCUT2D eigenvalue weighted by Gasteiger charge is 2.40. The predicted molar refractivity (Wildman–Crippen MR) is 80.4 cm³/mol. The Balaban J connectivity index is 2.29. The molecule has 0 amide bonds. The second-order valence-electron chi connectivity index (χ2n) is 6.20. The van der Waals surface area contributed by atoms with Crippen molar-refractivity contribution in [1.29, 1.82) is 0 Å². The molecule has 0 radical (unpaired) electrons. The van der Waals surface area contributed by atoms with Crippen LogP contribution >= 0.6 is 0 Å². The van der Waals surface area contributed by atoms with E-state index >= 15 is 0 Å². The maximum atomic E-state index is 12.4. The molecule has 1 aromatic heterocycles. The van der Waals surface area contributed by atoms with Crippen LogP contribution in [0.4, 0.5) is 5.82 Å². The van der Waals surface area contributed by atoms with E-state index in [1.807, 2.05) is 13.8 Å². The number of nitrogens with zero attached hydrogens (tertiary/aromatic N) is 2. The quantitative estimate of drug-likeness (QED) is 0.868. The number of aliphatic carboxylic acids is 1. The lowest BCUT2D eigenvalue weighted by atomic mass is 9.81. The molecule has 6 heteroatoms. The first-order chi connectivity index (χ1) is 9.94. The van der Waals surface area contributed by atoms with E-state index in [1.54, 1.807) is 17.0 Å². The molecule has 1 heterocycles. The van der Waals surface area contributed by atoms with Gasteiger partial charge in [-0.05, 0) is 18.8 Å². The molecule has 2 N–H and O–H groups in total. The zero-order valence-electron chi connectivity index (χ0n) is 12.6. The summed E-state index contributed by atoms with van der Waals surface area (Å²) in [5.74, 6) is -0.425. The molecule has 0 saturated heterocycles. The summed E-state index contributed by atoms with van der Waals surface area (Å²) in [6.45, 7) is 4.65. The van der Waals surface area contributed by atoms with Crippen LogP contribution in [0, 0.1) is 5.92 Å². The number of carbonyl (C=O) groups is 1. The third-order valence-corrected chi connectivity index (χ3v) is 3.95. The lowest BCUT2D eigenvalue weighted by Gasteiger charge is -2.34. The highest BCUT2D eigenvalue weighted by atomic mass is 16.4. The van der Waals surface area contributed by atoms with Gasteiger partial charge in [-0.25, -0.2) is 9.78 Å². The highest BCUT2D eigenvalue weighted by Crippen LogP contribution is 2.30. The molecule has 1 aliphatic rings. The lowest BCUT2D eigenvalue weighted by Crippen LogP contribution is -2.49. The minimum absolute atomic E-state index is 0.141. The van der Waals surface area contributed by atoms with E-state index in [9.17, 15) is 14.7 Å². The molecule has 1 aliphatic carbocycles. The molecule has 1 aromatic rings. The van der Waals surface area contributed by atoms with Gasteiger partial charge in [-0.3, -0.25) is 4.79 Å². The van der Waals surface area contributed by atoms with Crippen LogP contribution in [0.5, 0.6) is 0 Å². The minimum atomic E-state index is -1.05. The van der Waals surface area contributed by atoms with Gasteiger partial charge < -0.3 is 15.0 Å². The molecule has 0 bridgehead atoms. The summed E-state index contributed by atoms with van der Waals surface area (Å²) < 4.78 is 1.58. The van der Waals surface area contributed by atoms with Crippen LogP contribution < -0.4 is 10.9 Å². The topological polar surface area (TPSA) is 84.2 Å². The van der Waals surface area contributed by atoms with Crippen molar-refractivity contribution in [1.82, 2.24) is 9.55 Å². The van der Waals surface area contributed by atoms with Crippen LogP contribution in [-0.2, 0) is 11.3 Å². The Labute approximate surface area is 124 Å². The van der Waals surface area contributed by atoms with Crippen LogP contribution in [0.15, 0.2) is 17.2 Å². The van der Waals surface area contributed by atoms with E-state index < -0.39 is 11.5 Å². The SMILES string of the molecule is CC(C)Cn1ccnc(NC2(C(=O)O)CCCCC2)c1=O. The Morgan fingerprint density at radius 2 is 2.10 bits per heavy atom. The number of hydrogen-bond donors (Lipinski definition) is 2. The summed E-state index contributed by atoms with van der Waals surface area (Å²) in [5.41, 5.74) is -1.31. The van der Waals surface area contributed by atoms with E-state index in [-0.39, 0.29) is 11.4 Å². The molecule has 0 unspecified atom stereocenters. The first-order valence-corrected chi connectivity index (χ1v) is 7.52. The summed E-state index contributed by atoms with van der Waals surface area (Å²) in [7, 11) is 0. The van der Waals surface area contributed by atoms with Crippen molar-refractivity contribution in [2.24, 2.45) is 5.92 Å². The summed E-state index contributed by atoms with van der Waals surface area (Å²) >= 11 is 0. The number of anilines is 1. The third-order valence-electron chi connectivity index (χ3n) is 3.95. The van der Waals surface area contributed by atoms with E-state index in [0.29, 0.717) is 25.3 Å². The Kier molecular flexibility index (Phi) is 4.65. The first kappa shape index (κ1) is 15.5. The average molecular weight is 293 g/mol. The summed E-state index contributed by atoms with van der Waals surface area (Å²) in [5, 5.41) is 12.5. The Morgan fingerprint density at radius 1 is 1.43 bits per heavy atom. The second kappa shape index (κ2) is 6.28. The van der Waals surface area contributed by atoms with Crippen molar-refractivity contribution in [3.05, 3.63) is 22.7 Å². The fourth-order valence-corrected chi connectivity index (χ4v) is 2.84. The maximum absolute atomic E-state index is 12.4. The number of rotatable bonds is 5. The van der Waals surface area contributed by atoms with E-state index in [0.717, 1.165) is 19.3 Å².